The van der Waals surface area contributed by atoms with Crippen LogP contribution in [0.15, 0.2) is 24.3 Å². The molecule has 0 spiro atoms. The number of carbonyl (C=O) groups excluding carboxylic acids is 2. The number of methoxy groups -OCH3 is 2. The normalized spacial score (nSPS) is 23.5. The van der Waals surface area contributed by atoms with Crippen LogP contribution in [0.4, 0.5) is 0 Å². The van der Waals surface area contributed by atoms with Gasteiger partial charge in [0.1, 0.15) is 0 Å². The molecule has 1 saturated heterocycles. The van der Waals surface area contributed by atoms with Crippen molar-refractivity contribution in [3.63, 3.8) is 0 Å². The third kappa shape index (κ3) is 4.05. The molecule has 2 heterocycles. The van der Waals surface area contributed by atoms with Crippen LogP contribution in [-0.2, 0) is 14.3 Å². The third-order valence-corrected chi connectivity index (χ3v) is 7.22. The number of hydrogen-bond acceptors (Lipinski definition) is 9. The lowest BCUT2D eigenvalue weighted by Gasteiger charge is -2.39. The summed E-state index contributed by atoms with van der Waals surface area (Å²) in [6.45, 7) is 0.792. The van der Waals surface area contributed by atoms with E-state index in [1.165, 1.54) is 14.2 Å². The molecule has 3 aliphatic rings. The number of phenols is 1. The predicted octanol–water partition coefficient (Wildman–Crippen LogP) is 2.36. The number of carbonyl (C=O) groups is 2. The first-order valence-electron chi connectivity index (χ1n) is 12.0. The number of unbranched alkanes of at least 4 members (excludes halogenated alkanes) is 1. The van der Waals surface area contributed by atoms with Gasteiger partial charge >= 0.3 is 5.97 Å². The Kier molecular flexibility index (Phi) is 6.53. The maximum Gasteiger partial charge on any atom is 0.310 e. The van der Waals surface area contributed by atoms with Crippen molar-refractivity contribution in [3.8, 4) is 28.7 Å². The van der Waals surface area contributed by atoms with Gasteiger partial charge in [0.25, 0.3) is 0 Å². The number of rotatable bonds is 8. The van der Waals surface area contributed by atoms with Crippen LogP contribution in [0.3, 0.4) is 0 Å². The summed E-state index contributed by atoms with van der Waals surface area (Å²) in [6.07, 6.45) is 1.78. The van der Waals surface area contributed by atoms with Gasteiger partial charge in [-0.1, -0.05) is 0 Å². The molecule has 10 nitrogen and oxygen atoms in total. The van der Waals surface area contributed by atoms with E-state index in [2.05, 4.69) is 5.32 Å². The lowest BCUT2D eigenvalue weighted by Crippen LogP contribution is -2.42. The first-order valence-corrected chi connectivity index (χ1v) is 12.0. The second kappa shape index (κ2) is 9.77. The number of phenolic OH excluding ortho intramolecular Hbond substituents is 1. The maximum atomic E-state index is 13.1. The van der Waals surface area contributed by atoms with Gasteiger partial charge in [-0.25, -0.2) is 0 Å². The van der Waals surface area contributed by atoms with Crippen molar-refractivity contribution < 1.29 is 38.4 Å². The fourth-order valence-corrected chi connectivity index (χ4v) is 5.52. The molecule has 1 aliphatic carbocycles. The molecule has 36 heavy (non-hydrogen) atoms. The summed E-state index contributed by atoms with van der Waals surface area (Å²) in [5.41, 5.74) is 7.93. The molecule has 5 rings (SSSR count). The Labute approximate surface area is 208 Å². The van der Waals surface area contributed by atoms with Gasteiger partial charge in [-0.3, -0.25) is 9.59 Å². The molecule has 0 radical (unpaired) electrons. The standard InChI is InChI=1S/C26H30N2O8/c1-32-19-7-13(8-20(33-2)25(19)30)22-14-9-17-18(36-12-35-17)10-15(14)24(16-11-34-26(31)23(16)22)28-21(29)5-3-4-6-27/h7-10,16,22-24,30H,3-6,11-12,27H2,1-2H3,(H,28,29). The predicted molar refractivity (Wildman–Crippen MR) is 127 cm³/mol. The Morgan fingerprint density at radius 1 is 1.06 bits per heavy atom. The van der Waals surface area contributed by atoms with Crippen LogP contribution >= 0.6 is 0 Å². The fraction of sp³-hybridized carbons (Fsp3) is 0.462. The molecule has 0 bridgehead atoms. The molecule has 0 saturated carbocycles. The largest absolute Gasteiger partial charge is 0.502 e. The summed E-state index contributed by atoms with van der Waals surface area (Å²) in [6, 6.07) is 6.69. The van der Waals surface area contributed by atoms with Crippen LogP contribution in [0.5, 0.6) is 28.7 Å². The zero-order valence-electron chi connectivity index (χ0n) is 20.2. The van der Waals surface area contributed by atoms with E-state index in [0.29, 0.717) is 36.4 Å². The zero-order valence-corrected chi connectivity index (χ0v) is 20.2. The van der Waals surface area contributed by atoms with E-state index < -0.39 is 17.9 Å². The molecule has 1 amide bonds. The number of cyclic esters (lactones) is 1. The lowest BCUT2D eigenvalue weighted by molar-refractivity contribution is -0.141. The second-order valence-electron chi connectivity index (χ2n) is 9.20. The van der Waals surface area contributed by atoms with Gasteiger partial charge in [0, 0.05) is 18.3 Å². The Morgan fingerprint density at radius 3 is 2.36 bits per heavy atom. The van der Waals surface area contributed by atoms with Crippen LogP contribution in [-0.4, -0.2) is 51.1 Å². The minimum absolute atomic E-state index is 0.0920. The molecule has 4 atom stereocenters. The van der Waals surface area contributed by atoms with Gasteiger partial charge < -0.3 is 39.8 Å². The minimum atomic E-state index is -0.578. The van der Waals surface area contributed by atoms with E-state index >= 15 is 0 Å². The van der Waals surface area contributed by atoms with Crippen molar-refractivity contribution in [3.05, 3.63) is 41.0 Å². The molecule has 10 heteroatoms. The van der Waals surface area contributed by atoms with E-state index in [4.69, 9.17) is 29.4 Å². The lowest BCUT2D eigenvalue weighted by atomic mass is 9.65. The SMILES string of the molecule is COc1cc(C2c3cc4c(cc3C(NC(=O)CCCCN)C3COC(=O)C23)OCO4)cc(OC)c1O. The summed E-state index contributed by atoms with van der Waals surface area (Å²) in [5.74, 6) is -0.320. The molecular weight excluding hydrogens is 468 g/mol. The quantitative estimate of drug-likeness (QED) is 0.370. The molecular formula is C26H30N2O8. The topological polar surface area (TPSA) is 139 Å². The first-order chi connectivity index (χ1) is 17.5. The van der Waals surface area contributed by atoms with Crippen molar-refractivity contribution in [1.82, 2.24) is 5.32 Å². The molecule has 0 aromatic heterocycles. The van der Waals surface area contributed by atoms with Gasteiger partial charge in [0.15, 0.2) is 23.0 Å². The zero-order chi connectivity index (χ0) is 25.4. The smallest absolute Gasteiger partial charge is 0.310 e. The van der Waals surface area contributed by atoms with E-state index in [0.717, 1.165) is 17.5 Å². The number of ether oxygens (including phenoxy) is 5. The fourth-order valence-electron chi connectivity index (χ4n) is 5.52. The monoisotopic (exact) mass is 498 g/mol. The average molecular weight is 499 g/mol. The Hall–Kier alpha value is -3.66. The first kappa shape index (κ1) is 24.1. The highest BCUT2D eigenvalue weighted by atomic mass is 16.7. The Bertz CT molecular complexity index is 1160. The number of esters is 1. The van der Waals surface area contributed by atoms with Gasteiger partial charge in [-0.05, 0) is 60.3 Å². The van der Waals surface area contributed by atoms with Gasteiger partial charge in [0.05, 0.1) is 32.8 Å². The van der Waals surface area contributed by atoms with E-state index in [1.807, 2.05) is 12.1 Å². The number of aromatic hydroxyl groups is 1. The van der Waals surface area contributed by atoms with Crippen LogP contribution in [0, 0.1) is 11.8 Å². The summed E-state index contributed by atoms with van der Waals surface area (Å²) in [7, 11) is 2.90. The molecule has 4 N–H and O–H groups in total. The van der Waals surface area contributed by atoms with Crippen molar-refractivity contribution in [1.29, 1.82) is 0 Å². The van der Waals surface area contributed by atoms with Crippen molar-refractivity contribution in [2.75, 3.05) is 34.2 Å². The summed E-state index contributed by atoms with van der Waals surface area (Å²) >= 11 is 0. The summed E-state index contributed by atoms with van der Waals surface area (Å²) < 4.78 is 27.6. The van der Waals surface area contributed by atoms with Gasteiger partial charge in [0.2, 0.25) is 18.4 Å². The second-order valence-corrected chi connectivity index (χ2v) is 9.20. The Balaban J connectivity index is 1.64. The molecule has 1 fully saturated rings. The number of nitrogens with one attached hydrogen (secondary N) is 1. The van der Waals surface area contributed by atoms with Gasteiger partial charge in [-0.15, -0.1) is 0 Å². The number of nitrogens with two attached hydrogens (primary N) is 1. The van der Waals surface area contributed by atoms with Crippen molar-refractivity contribution >= 4 is 11.9 Å². The van der Waals surface area contributed by atoms with Crippen LogP contribution < -0.4 is 30.0 Å². The molecule has 2 aromatic carbocycles. The molecule has 4 unspecified atom stereocenters. The van der Waals surface area contributed by atoms with Crippen molar-refractivity contribution in [2.45, 2.75) is 31.2 Å². The number of hydrogen-bond donors (Lipinski definition) is 3. The van der Waals surface area contributed by atoms with Crippen LogP contribution in [0.2, 0.25) is 0 Å². The van der Waals surface area contributed by atoms with Crippen LogP contribution in [0.1, 0.15) is 47.9 Å². The van der Waals surface area contributed by atoms with Gasteiger partial charge in [-0.2, -0.15) is 0 Å². The summed E-state index contributed by atoms with van der Waals surface area (Å²) in [4.78, 5) is 26.0. The number of amides is 1. The molecule has 2 aliphatic heterocycles. The third-order valence-electron chi connectivity index (χ3n) is 7.22. The minimum Gasteiger partial charge on any atom is -0.502 e. The Morgan fingerprint density at radius 2 is 1.72 bits per heavy atom. The van der Waals surface area contributed by atoms with E-state index in [9.17, 15) is 14.7 Å². The van der Waals surface area contributed by atoms with Crippen molar-refractivity contribution in [2.24, 2.45) is 17.6 Å². The highest BCUT2D eigenvalue weighted by Crippen LogP contribution is 2.55. The number of fused-ring (bicyclic) bond motifs is 3. The average Bonchev–Trinajstić information content (AvgIpc) is 3.49. The highest BCUT2D eigenvalue weighted by molar-refractivity contribution is 5.81. The number of benzene rings is 2. The highest BCUT2D eigenvalue weighted by Gasteiger charge is 2.53. The molecule has 2 aromatic rings. The maximum absolute atomic E-state index is 13.1. The summed E-state index contributed by atoms with van der Waals surface area (Å²) in [5, 5.41) is 13.6. The molecule has 192 valence electrons. The van der Waals surface area contributed by atoms with E-state index in [1.54, 1.807) is 12.1 Å². The van der Waals surface area contributed by atoms with Crippen LogP contribution in [0.25, 0.3) is 0 Å². The van der Waals surface area contributed by atoms with E-state index in [-0.39, 0.29) is 48.4 Å².